The predicted octanol–water partition coefficient (Wildman–Crippen LogP) is 4.69. The molecule has 1 saturated heterocycles. The Hall–Kier alpha value is -1.79. The van der Waals surface area contributed by atoms with Gasteiger partial charge in [0.15, 0.2) is 5.11 Å². The number of nitro benzene ring substituents is 1. The van der Waals surface area contributed by atoms with E-state index < -0.39 is 10.8 Å². The lowest BCUT2D eigenvalue weighted by Crippen LogP contribution is -2.34. The summed E-state index contributed by atoms with van der Waals surface area (Å²) in [6.45, 7) is 1.57. The van der Waals surface area contributed by atoms with E-state index in [1.165, 1.54) is 6.07 Å². The molecule has 28 heavy (non-hydrogen) atoms. The molecule has 1 aliphatic rings. The molecule has 2 aromatic carbocycles. The zero-order chi connectivity index (χ0) is 20.3. The van der Waals surface area contributed by atoms with Gasteiger partial charge in [0.2, 0.25) is 0 Å². The number of benzene rings is 2. The summed E-state index contributed by atoms with van der Waals surface area (Å²) in [6, 6.07) is 10.1. The molecule has 0 aliphatic carbocycles. The molecule has 1 heterocycles. The first kappa shape index (κ1) is 20.9. The minimum Gasteiger partial charge on any atom is -0.366 e. The summed E-state index contributed by atoms with van der Waals surface area (Å²) >= 11 is 10.7. The van der Waals surface area contributed by atoms with Gasteiger partial charge in [-0.3, -0.25) is 20.2 Å². The fourth-order valence-corrected chi connectivity index (χ4v) is 4.60. The summed E-state index contributed by atoms with van der Waals surface area (Å²) in [5, 5.41) is 17.1. The van der Waals surface area contributed by atoms with Gasteiger partial charge in [0.05, 0.1) is 10.6 Å². The van der Waals surface area contributed by atoms with Gasteiger partial charge in [-0.1, -0.05) is 15.9 Å². The molecule has 1 aliphatic heterocycles. The van der Waals surface area contributed by atoms with Crippen molar-refractivity contribution in [3.8, 4) is 0 Å². The van der Waals surface area contributed by atoms with E-state index >= 15 is 0 Å². The molecule has 0 bridgehead atoms. The Morgan fingerprint density at radius 1 is 1.21 bits per heavy atom. The summed E-state index contributed by atoms with van der Waals surface area (Å²) in [5.41, 5.74) is 1.41. The van der Waals surface area contributed by atoms with Crippen molar-refractivity contribution in [3.63, 3.8) is 0 Å². The number of hydrogen-bond donors (Lipinski definition) is 2. The van der Waals surface area contributed by atoms with E-state index in [0.29, 0.717) is 5.69 Å². The summed E-state index contributed by atoms with van der Waals surface area (Å²) < 4.78 is 1.86. The van der Waals surface area contributed by atoms with E-state index in [1.807, 2.05) is 23.1 Å². The fraction of sp³-hybridized carbons (Fsp3) is 0.222. The van der Waals surface area contributed by atoms with Crippen LogP contribution in [0.4, 0.5) is 17.1 Å². The maximum atomic E-state index is 12.5. The lowest BCUT2D eigenvalue weighted by atomic mass is 10.1. The Labute approximate surface area is 189 Å². The van der Waals surface area contributed by atoms with Crippen LogP contribution in [0.5, 0.6) is 0 Å². The van der Waals surface area contributed by atoms with E-state index in [4.69, 9.17) is 12.2 Å². The number of thiocarbonyl (C=S) groups is 1. The first-order chi connectivity index (χ1) is 13.3. The van der Waals surface area contributed by atoms with Gasteiger partial charge in [-0.2, -0.15) is 0 Å². The average molecular weight is 575 g/mol. The van der Waals surface area contributed by atoms with Gasteiger partial charge >= 0.3 is 0 Å². The van der Waals surface area contributed by atoms with E-state index in [2.05, 4.69) is 49.2 Å². The van der Waals surface area contributed by atoms with Gasteiger partial charge in [-0.05, 0) is 78.0 Å². The van der Waals surface area contributed by atoms with E-state index in [1.54, 1.807) is 12.1 Å². The van der Waals surface area contributed by atoms with Crippen LogP contribution in [0.15, 0.2) is 40.9 Å². The highest BCUT2D eigenvalue weighted by molar-refractivity contribution is 14.1. The topological polar surface area (TPSA) is 87.5 Å². The number of carbonyl (C=O) groups excluding carboxylic acids is 1. The molecule has 1 amide bonds. The first-order valence-corrected chi connectivity index (χ1v) is 10.7. The zero-order valence-corrected chi connectivity index (χ0v) is 19.1. The number of nitrogens with zero attached hydrogens (tertiary/aromatic N) is 2. The lowest BCUT2D eigenvalue weighted by Gasteiger charge is -2.18. The van der Waals surface area contributed by atoms with Crippen LogP contribution < -0.4 is 15.5 Å². The lowest BCUT2D eigenvalue weighted by molar-refractivity contribution is -0.384. The second-order valence-electron chi connectivity index (χ2n) is 6.19. The molecule has 3 rings (SSSR count). The van der Waals surface area contributed by atoms with Crippen LogP contribution in [-0.4, -0.2) is 29.0 Å². The number of carbonyl (C=O) groups is 1. The fourth-order valence-electron chi connectivity index (χ4n) is 2.96. The molecule has 2 aromatic rings. The summed E-state index contributed by atoms with van der Waals surface area (Å²) in [7, 11) is 0. The Balaban J connectivity index is 1.73. The molecule has 0 aromatic heterocycles. The van der Waals surface area contributed by atoms with Crippen molar-refractivity contribution >= 4 is 78.8 Å². The van der Waals surface area contributed by atoms with E-state index in [-0.39, 0.29) is 16.4 Å². The molecular weight excluding hydrogens is 559 g/mol. The number of rotatable bonds is 4. The second kappa shape index (κ2) is 9.14. The molecule has 0 atom stereocenters. The standard InChI is InChI=1S/C18H16BrIN4O3S/c19-12-4-5-14(13(20)10-12)21-18(28)22-17(25)11-3-6-15(16(9-11)24(26)27)23-7-1-2-8-23/h3-6,9-10H,1-2,7-8H2,(H2,21,22,25,28). The first-order valence-electron chi connectivity index (χ1n) is 8.46. The van der Waals surface area contributed by atoms with Crippen molar-refractivity contribution in [2.75, 3.05) is 23.3 Å². The second-order valence-corrected chi connectivity index (χ2v) is 8.67. The summed E-state index contributed by atoms with van der Waals surface area (Å²) in [5.74, 6) is -0.499. The smallest absolute Gasteiger partial charge is 0.293 e. The third-order valence-corrected chi connectivity index (χ3v) is 5.88. The molecule has 0 saturated carbocycles. The highest BCUT2D eigenvalue weighted by atomic mass is 127. The van der Waals surface area contributed by atoms with Gasteiger partial charge in [0.1, 0.15) is 5.69 Å². The van der Waals surface area contributed by atoms with Crippen molar-refractivity contribution in [3.05, 3.63) is 60.1 Å². The number of anilines is 2. The Kier molecular flexibility index (Phi) is 6.83. The van der Waals surface area contributed by atoms with Crippen LogP contribution in [0, 0.1) is 13.7 Å². The highest BCUT2D eigenvalue weighted by Crippen LogP contribution is 2.31. The van der Waals surface area contributed by atoms with Crippen molar-refractivity contribution in [2.24, 2.45) is 0 Å². The third-order valence-electron chi connectivity index (χ3n) is 4.29. The van der Waals surface area contributed by atoms with Gasteiger partial charge in [-0.25, -0.2) is 0 Å². The maximum Gasteiger partial charge on any atom is 0.293 e. The van der Waals surface area contributed by atoms with Crippen LogP contribution in [0.2, 0.25) is 0 Å². The number of amides is 1. The Morgan fingerprint density at radius 2 is 1.93 bits per heavy atom. The average Bonchev–Trinajstić information content (AvgIpc) is 3.18. The maximum absolute atomic E-state index is 12.5. The molecule has 7 nitrogen and oxygen atoms in total. The molecule has 2 N–H and O–H groups in total. The largest absolute Gasteiger partial charge is 0.366 e. The van der Waals surface area contributed by atoms with Gasteiger partial charge in [-0.15, -0.1) is 0 Å². The zero-order valence-electron chi connectivity index (χ0n) is 14.6. The predicted molar refractivity (Wildman–Crippen MR) is 125 cm³/mol. The van der Waals surface area contributed by atoms with Crippen molar-refractivity contribution in [1.29, 1.82) is 0 Å². The molecule has 10 heteroatoms. The monoisotopic (exact) mass is 574 g/mol. The minimum atomic E-state index is -0.499. The van der Waals surface area contributed by atoms with Crippen LogP contribution in [0.25, 0.3) is 0 Å². The van der Waals surface area contributed by atoms with Crippen molar-refractivity contribution in [2.45, 2.75) is 12.8 Å². The summed E-state index contributed by atoms with van der Waals surface area (Å²) in [6.07, 6.45) is 2.02. The molecule has 1 fully saturated rings. The van der Waals surface area contributed by atoms with E-state index in [9.17, 15) is 14.9 Å². The highest BCUT2D eigenvalue weighted by Gasteiger charge is 2.24. The normalized spacial score (nSPS) is 13.3. The Morgan fingerprint density at radius 3 is 2.57 bits per heavy atom. The number of nitro groups is 1. The molecule has 0 radical (unpaired) electrons. The molecule has 0 unspecified atom stereocenters. The number of halogens is 2. The minimum absolute atomic E-state index is 0.0733. The summed E-state index contributed by atoms with van der Waals surface area (Å²) in [4.78, 5) is 25.5. The Bertz CT molecular complexity index is 950. The SMILES string of the molecule is O=C(NC(=S)Nc1ccc(Br)cc1I)c1ccc(N2CCCC2)c([N+](=O)[O-])c1. The number of nitrogens with one attached hydrogen (secondary N) is 2. The third kappa shape index (κ3) is 4.97. The van der Waals surface area contributed by atoms with Crippen LogP contribution >= 0.6 is 50.7 Å². The molecule has 0 spiro atoms. The van der Waals surface area contributed by atoms with Gasteiger partial charge in [0, 0.05) is 32.8 Å². The van der Waals surface area contributed by atoms with Gasteiger partial charge < -0.3 is 10.2 Å². The van der Waals surface area contributed by atoms with E-state index in [0.717, 1.165) is 39.7 Å². The van der Waals surface area contributed by atoms with Gasteiger partial charge in [0.25, 0.3) is 11.6 Å². The molecule has 146 valence electrons. The van der Waals surface area contributed by atoms with Crippen molar-refractivity contribution in [1.82, 2.24) is 5.32 Å². The van der Waals surface area contributed by atoms with Crippen LogP contribution in [0.1, 0.15) is 23.2 Å². The van der Waals surface area contributed by atoms with Crippen molar-refractivity contribution < 1.29 is 9.72 Å². The van der Waals surface area contributed by atoms with Crippen LogP contribution in [0.3, 0.4) is 0 Å². The number of hydrogen-bond acceptors (Lipinski definition) is 5. The molecular formula is C18H16BrIN4O3S. The van der Waals surface area contributed by atoms with Crippen LogP contribution in [-0.2, 0) is 0 Å². The quantitative estimate of drug-likeness (QED) is 0.238.